The quantitative estimate of drug-likeness (QED) is 0.365. The van der Waals surface area contributed by atoms with Crippen molar-refractivity contribution in [3.05, 3.63) is 94.1 Å². The second-order valence-corrected chi connectivity index (χ2v) is 7.75. The lowest BCUT2D eigenvalue weighted by atomic mass is 10.2. The van der Waals surface area contributed by atoms with Gasteiger partial charge in [-0.25, -0.2) is 0 Å². The van der Waals surface area contributed by atoms with Crippen molar-refractivity contribution in [1.29, 1.82) is 0 Å². The zero-order valence-corrected chi connectivity index (χ0v) is 18.9. The topological polar surface area (TPSA) is 98.4 Å². The van der Waals surface area contributed by atoms with E-state index in [1.165, 1.54) is 0 Å². The fourth-order valence-corrected chi connectivity index (χ4v) is 3.23. The third-order valence-corrected chi connectivity index (χ3v) is 5.32. The summed E-state index contributed by atoms with van der Waals surface area (Å²) in [4.78, 5) is 24.6. The minimum absolute atomic E-state index is 0.0814. The van der Waals surface area contributed by atoms with Crippen LogP contribution in [0.2, 0.25) is 10.0 Å². The van der Waals surface area contributed by atoms with Crippen molar-refractivity contribution in [1.82, 2.24) is 9.78 Å². The Labute approximate surface area is 199 Å². The van der Waals surface area contributed by atoms with Crippen LogP contribution in [-0.4, -0.2) is 21.6 Å². The highest BCUT2D eigenvalue weighted by molar-refractivity contribution is 6.42. The van der Waals surface area contributed by atoms with Gasteiger partial charge in [0.05, 0.1) is 5.02 Å². The summed E-state index contributed by atoms with van der Waals surface area (Å²) in [5.41, 5.74) is 1.42. The van der Waals surface area contributed by atoms with E-state index in [4.69, 9.17) is 32.4 Å². The van der Waals surface area contributed by atoms with E-state index in [1.54, 1.807) is 78.6 Å². The molecule has 0 spiro atoms. The summed E-state index contributed by atoms with van der Waals surface area (Å²) in [6.07, 6.45) is 1.69. The number of hydrogen-bond acceptors (Lipinski definition) is 5. The molecular formula is C23H18Cl2N4O4. The lowest BCUT2D eigenvalue weighted by Gasteiger charge is -2.07. The highest BCUT2D eigenvalue weighted by Gasteiger charge is 2.14. The Morgan fingerprint density at radius 3 is 2.33 bits per heavy atom. The van der Waals surface area contributed by atoms with Crippen LogP contribution >= 0.6 is 23.2 Å². The summed E-state index contributed by atoms with van der Waals surface area (Å²) in [7, 11) is 1.73. The molecule has 0 saturated carbocycles. The molecule has 0 saturated heterocycles. The highest BCUT2D eigenvalue weighted by atomic mass is 35.5. The maximum atomic E-state index is 12.5. The van der Waals surface area contributed by atoms with E-state index in [1.807, 2.05) is 0 Å². The standard InChI is InChI=1S/C23H18Cl2N4O4/c1-29-12-11-18(28-29)22(30)26-14-5-7-15(8-6-14)27-23(31)20-10-9-16(33-20)13-32-19-4-2-3-17(24)21(19)25/h2-12H,13H2,1H3,(H,26,30)(H,27,31). The molecule has 2 N–H and O–H groups in total. The lowest BCUT2D eigenvalue weighted by Crippen LogP contribution is -2.13. The minimum atomic E-state index is -0.424. The molecule has 0 aliphatic carbocycles. The average molecular weight is 485 g/mol. The van der Waals surface area contributed by atoms with Crippen LogP contribution in [0.25, 0.3) is 0 Å². The van der Waals surface area contributed by atoms with Crippen molar-refractivity contribution < 1.29 is 18.7 Å². The number of hydrogen-bond donors (Lipinski definition) is 2. The summed E-state index contributed by atoms with van der Waals surface area (Å²) >= 11 is 12.1. The zero-order chi connectivity index (χ0) is 23.4. The largest absolute Gasteiger partial charge is 0.484 e. The number of aryl methyl sites for hydroxylation is 1. The Morgan fingerprint density at radius 1 is 0.970 bits per heavy atom. The molecular weight excluding hydrogens is 467 g/mol. The van der Waals surface area contributed by atoms with E-state index in [0.29, 0.717) is 38.6 Å². The number of carbonyl (C=O) groups is 2. The van der Waals surface area contributed by atoms with Gasteiger partial charge < -0.3 is 19.8 Å². The molecule has 0 radical (unpaired) electrons. The van der Waals surface area contributed by atoms with Crippen molar-refractivity contribution >= 4 is 46.4 Å². The molecule has 4 aromatic rings. The Kier molecular flexibility index (Phi) is 6.67. The van der Waals surface area contributed by atoms with Gasteiger partial charge in [-0.05, 0) is 54.6 Å². The van der Waals surface area contributed by atoms with Gasteiger partial charge in [0.15, 0.2) is 11.5 Å². The molecule has 10 heteroatoms. The number of halogens is 2. The third-order valence-electron chi connectivity index (χ3n) is 4.52. The molecule has 4 rings (SSSR count). The van der Waals surface area contributed by atoms with Crippen LogP contribution in [0.5, 0.6) is 5.75 Å². The average Bonchev–Trinajstić information content (AvgIpc) is 3.45. The summed E-state index contributed by atoms with van der Waals surface area (Å²) in [6.45, 7) is 0.0814. The molecule has 0 unspecified atom stereocenters. The minimum Gasteiger partial charge on any atom is -0.484 e. The van der Waals surface area contributed by atoms with Crippen molar-refractivity contribution in [2.45, 2.75) is 6.61 Å². The number of carbonyl (C=O) groups excluding carboxylic acids is 2. The summed E-state index contributed by atoms with van der Waals surface area (Å²) in [6, 6.07) is 16.6. The monoisotopic (exact) mass is 484 g/mol. The molecule has 2 aromatic carbocycles. The number of furan rings is 1. The van der Waals surface area contributed by atoms with Gasteiger partial charge in [0.2, 0.25) is 0 Å². The Morgan fingerprint density at radius 2 is 1.67 bits per heavy atom. The van der Waals surface area contributed by atoms with Gasteiger partial charge in [0, 0.05) is 24.6 Å². The molecule has 0 atom stereocenters. The molecule has 0 bridgehead atoms. The van der Waals surface area contributed by atoms with Crippen LogP contribution in [-0.2, 0) is 13.7 Å². The number of nitrogens with zero attached hydrogens (tertiary/aromatic N) is 2. The van der Waals surface area contributed by atoms with Crippen LogP contribution < -0.4 is 15.4 Å². The normalized spacial score (nSPS) is 10.6. The molecule has 2 heterocycles. The lowest BCUT2D eigenvalue weighted by molar-refractivity contribution is 0.0990. The van der Waals surface area contributed by atoms with Crippen LogP contribution in [0.3, 0.4) is 0 Å². The van der Waals surface area contributed by atoms with Crippen LogP contribution in [0.4, 0.5) is 11.4 Å². The zero-order valence-electron chi connectivity index (χ0n) is 17.3. The van der Waals surface area contributed by atoms with Crippen LogP contribution in [0, 0.1) is 0 Å². The fourth-order valence-electron chi connectivity index (χ4n) is 2.88. The smallest absolute Gasteiger partial charge is 0.291 e. The van der Waals surface area contributed by atoms with E-state index in [9.17, 15) is 9.59 Å². The van der Waals surface area contributed by atoms with Crippen molar-refractivity contribution in [2.75, 3.05) is 10.6 Å². The van der Waals surface area contributed by atoms with Gasteiger partial charge in [-0.15, -0.1) is 0 Å². The molecule has 0 aliphatic rings. The molecule has 8 nitrogen and oxygen atoms in total. The number of anilines is 2. The second kappa shape index (κ2) is 9.81. The van der Waals surface area contributed by atoms with Gasteiger partial charge in [-0.3, -0.25) is 14.3 Å². The van der Waals surface area contributed by atoms with Gasteiger partial charge >= 0.3 is 0 Å². The number of ether oxygens (including phenoxy) is 1. The van der Waals surface area contributed by atoms with Crippen molar-refractivity contribution in [2.24, 2.45) is 7.05 Å². The predicted molar refractivity (Wildman–Crippen MR) is 125 cm³/mol. The summed E-state index contributed by atoms with van der Waals surface area (Å²) < 4.78 is 12.7. The first kappa shape index (κ1) is 22.4. The Balaban J connectivity index is 1.32. The Bertz CT molecular complexity index is 1300. The SMILES string of the molecule is Cn1ccc(C(=O)Nc2ccc(NC(=O)c3ccc(COc4cccc(Cl)c4Cl)o3)cc2)n1. The maximum Gasteiger partial charge on any atom is 0.291 e. The van der Waals surface area contributed by atoms with Crippen molar-refractivity contribution in [3.63, 3.8) is 0 Å². The van der Waals surface area contributed by atoms with Crippen molar-refractivity contribution in [3.8, 4) is 5.75 Å². The molecule has 33 heavy (non-hydrogen) atoms. The fraction of sp³-hybridized carbons (Fsp3) is 0.0870. The summed E-state index contributed by atoms with van der Waals surface area (Å²) in [5.74, 6) is 0.244. The number of rotatable bonds is 7. The summed E-state index contributed by atoms with van der Waals surface area (Å²) in [5, 5.41) is 10.2. The molecule has 168 valence electrons. The third kappa shape index (κ3) is 5.54. The Hall–Kier alpha value is -3.75. The molecule has 2 amide bonds. The van der Waals surface area contributed by atoms with Crippen LogP contribution in [0.1, 0.15) is 26.8 Å². The van der Waals surface area contributed by atoms with Gasteiger partial charge in [-0.1, -0.05) is 29.3 Å². The first-order valence-electron chi connectivity index (χ1n) is 9.77. The molecule has 0 aliphatic heterocycles. The van der Waals surface area contributed by atoms with E-state index in [-0.39, 0.29) is 18.3 Å². The van der Waals surface area contributed by atoms with Gasteiger partial charge in [0.1, 0.15) is 23.1 Å². The number of benzene rings is 2. The van der Waals surface area contributed by atoms with Gasteiger partial charge in [-0.2, -0.15) is 5.10 Å². The van der Waals surface area contributed by atoms with E-state index < -0.39 is 5.91 Å². The second-order valence-electron chi connectivity index (χ2n) is 6.97. The van der Waals surface area contributed by atoms with E-state index in [0.717, 1.165) is 0 Å². The predicted octanol–water partition coefficient (Wildman–Crippen LogP) is 5.40. The first-order valence-corrected chi connectivity index (χ1v) is 10.5. The highest BCUT2D eigenvalue weighted by Crippen LogP contribution is 2.32. The van der Waals surface area contributed by atoms with E-state index >= 15 is 0 Å². The number of amides is 2. The maximum absolute atomic E-state index is 12.5. The molecule has 2 aromatic heterocycles. The number of aromatic nitrogens is 2. The van der Waals surface area contributed by atoms with Gasteiger partial charge in [0.25, 0.3) is 11.8 Å². The van der Waals surface area contributed by atoms with Crippen LogP contribution in [0.15, 0.2) is 71.3 Å². The first-order chi connectivity index (χ1) is 15.9. The molecule has 0 fully saturated rings. The van der Waals surface area contributed by atoms with E-state index in [2.05, 4.69) is 15.7 Å². The number of nitrogens with one attached hydrogen (secondary N) is 2.